The average Bonchev–Trinajstić information content (AvgIpc) is 2.98. The van der Waals surface area contributed by atoms with Crippen molar-refractivity contribution in [2.24, 2.45) is 11.3 Å². The lowest BCUT2D eigenvalue weighted by Gasteiger charge is -2.17. The zero-order chi connectivity index (χ0) is 12.9. The molecule has 0 heterocycles. The van der Waals surface area contributed by atoms with Crippen LogP contribution in [-0.4, -0.2) is 0 Å². The third-order valence-electron chi connectivity index (χ3n) is 4.41. The highest BCUT2D eigenvalue weighted by Crippen LogP contribution is 2.61. The van der Waals surface area contributed by atoms with Gasteiger partial charge in [-0.25, -0.2) is 0 Å². The smallest absolute Gasteiger partial charge is 0.0437 e. The number of halogens is 1. The molecule has 2 atom stereocenters. The molecule has 2 aromatic rings. The summed E-state index contributed by atoms with van der Waals surface area (Å²) in [6.07, 6.45) is 1.32. The van der Waals surface area contributed by atoms with Gasteiger partial charge in [-0.05, 0) is 46.6 Å². The van der Waals surface area contributed by atoms with Gasteiger partial charge in [-0.2, -0.15) is 0 Å². The van der Waals surface area contributed by atoms with Gasteiger partial charge in [-0.15, -0.1) is 0 Å². The lowest BCUT2D eigenvalue weighted by Crippen LogP contribution is -2.02. The van der Waals surface area contributed by atoms with Gasteiger partial charge in [-0.1, -0.05) is 66.2 Å². The number of hydrogen-bond donors (Lipinski definition) is 0. The highest BCUT2D eigenvalue weighted by atomic mass is 79.9. The maximum atomic E-state index is 3.96. The van der Waals surface area contributed by atoms with Crippen molar-refractivity contribution in [1.29, 1.82) is 0 Å². The van der Waals surface area contributed by atoms with E-state index in [9.17, 15) is 0 Å². The van der Waals surface area contributed by atoms with Crippen LogP contribution in [0.25, 0.3) is 10.8 Å². The summed E-state index contributed by atoms with van der Waals surface area (Å²) in [7, 11) is 0. The van der Waals surface area contributed by atoms with Gasteiger partial charge in [0, 0.05) is 4.83 Å². The van der Waals surface area contributed by atoms with E-state index < -0.39 is 0 Å². The third-order valence-corrected chi connectivity index (χ3v) is 5.50. The van der Waals surface area contributed by atoms with E-state index in [4.69, 9.17) is 0 Å². The van der Waals surface area contributed by atoms with Crippen LogP contribution in [0.5, 0.6) is 0 Å². The normalized spacial score (nSPS) is 23.0. The molecule has 94 valence electrons. The zero-order valence-corrected chi connectivity index (χ0v) is 12.8. The summed E-state index contributed by atoms with van der Waals surface area (Å²) in [6, 6.07) is 13.2. The Bertz CT molecular complexity index is 598. The average molecular weight is 303 g/mol. The lowest BCUT2D eigenvalue weighted by atomic mass is 9.93. The number of alkyl halides is 1. The molecule has 0 N–H and O–H groups in total. The molecule has 2 aromatic carbocycles. The fraction of sp³-hybridized carbons (Fsp3) is 0.412. The molecule has 0 amide bonds. The number of hydrogen-bond acceptors (Lipinski definition) is 0. The van der Waals surface area contributed by atoms with E-state index in [1.54, 1.807) is 0 Å². The Morgan fingerprint density at radius 3 is 2.50 bits per heavy atom. The van der Waals surface area contributed by atoms with Crippen molar-refractivity contribution in [2.45, 2.75) is 32.0 Å². The SMILES string of the molecule is Cc1ccc2ccccc2c1C(Br)C1CC1(C)C. The molecule has 2 unspecified atom stereocenters. The van der Waals surface area contributed by atoms with Gasteiger partial charge < -0.3 is 0 Å². The summed E-state index contributed by atoms with van der Waals surface area (Å²) in [5, 5.41) is 2.75. The van der Waals surface area contributed by atoms with E-state index in [0.717, 1.165) is 5.92 Å². The largest absolute Gasteiger partial charge is 0.0835 e. The van der Waals surface area contributed by atoms with Gasteiger partial charge in [-0.3, -0.25) is 0 Å². The monoisotopic (exact) mass is 302 g/mol. The summed E-state index contributed by atoms with van der Waals surface area (Å²) >= 11 is 3.96. The van der Waals surface area contributed by atoms with Crippen LogP contribution in [-0.2, 0) is 0 Å². The van der Waals surface area contributed by atoms with E-state index in [1.807, 2.05) is 0 Å². The molecule has 0 spiro atoms. The van der Waals surface area contributed by atoms with Crippen molar-refractivity contribution in [1.82, 2.24) is 0 Å². The molecule has 3 rings (SSSR count). The maximum absolute atomic E-state index is 3.96. The van der Waals surface area contributed by atoms with Crippen LogP contribution in [0.4, 0.5) is 0 Å². The van der Waals surface area contributed by atoms with Crippen LogP contribution in [0.3, 0.4) is 0 Å². The highest BCUT2D eigenvalue weighted by molar-refractivity contribution is 9.09. The van der Waals surface area contributed by atoms with Gasteiger partial charge >= 0.3 is 0 Å². The van der Waals surface area contributed by atoms with E-state index in [0.29, 0.717) is 10.2 Å². The van der Waals surface area contributed by atoms with Crippen molar-refractivity contribution < 1.29 is 0 Å². The molecule has 1 fully saturated rings. The minimum atomic E-state index is 0.485. The zero-order valence-electron chi connectivity index (χ0n) is 11.2. The third kappa shape index (κ3) is 1.89. The molecule has 0 bridgehead atoms. The highest BCUT2D eigenvalue weighted by Gasteiger charge is 2.50. The molecular formula is C17H19Br. The number of fused-ring (bicyclic) bond motifs is 1. The van der Waals surface area contributed by atoms with E-state index in [2.05, 4.69) is 73.1 Å². The van der Waals surface area contributed by atoms with Crippen LogP contribution >= 0.6 is 15.9 Å². The standard InChI is InChI=1S/C17H19Br/c1-11-8-9-12-6-4-5-7-13(12)15(11)16(18)14-10-17(14,2)3/h4-9,14,16H,10H2,1-3H3. The van der Waals surface area contributed by atoms with E-state index >= 15 is 0 Å². The topological polar surface area (TPSA) is 0 Å². The Labute approximate surface area is 118 Å². The summed E-state index contributed by atoms with van der Waals surface area (Å²) in [6.45, 7) is 6.96. The first-order valence-electron chi connectivity index (χ1n) is 6.63. The second-order valence-corrected chi connectivity index (χ2v) is 7.20. The molecule has 1 heteroatoms. The summed E-state index contributed by atoms with van der Waals surface area (Å²) in [5.41, 5.74) is 3.39. The molecule has 0 nitrogen and oxygen atoms in total. The molecule has 1 aliphatic rings. The van der Waals surface area contributed by atoms with Gasteiger partial charge in [0.1, 0.15) is 0 Å². The Morgan fingerprint density at radius 1 is 1.17 bits per heavy atom. The summed E-state index contributed by atoms with van der Waals surface area (Å²) in [4.78, 5) is 0.485. The first kappa shape index (κ1) is 12.2. The summed E-state index contributed by atoms with van der Waals surface area (Å²) in [5.74, 6) is 0.766. The first-order valence-corrected chi connectivity index (χ1v) is 7.54. The van der Waals surface area contributed by atoms with Crippen LogP contribution in [0.15, 0.2) is 36.4 Å². The Balaban J connectivity index is 2.13. The van der Waals surface area contributed by atoms with Crippen molar-refractivity contribution in [2.75, 3.05) is 0 Å². The molecule has 0 aromatic heterocycles. The van der Waals surface area contributed by atoms with E-state index in [-0.39, 0.29) is 0 Å². The van der Waals surface area contributed by atoms with Crippen LogP contribution in [0.1, 0.15) is 36.2 Å². The summed E-state index contributed by atoms with van der Waals surface area (Å²) < 4.78 is 0. The molecule has 18 heavy (non-hydrogen) atoms. The number of benzene rings is 2. The Hall–Kier alpha value is -0.820. The van der Waals surface area contributed by atoms with Crippen molar-refractivity contribution in [3.05, 3.63) is 47.5 Å². The fourth-order valence-corrected chi connectivity index (χ4v) is 4.49. The second-order valence-electron chi connectivity index (χ2n) is 6.22. The fourth-order valence-electron chi connectivity index (χ4n) is 2.98. The minimum Gasteiger partial charge on any atom is -0.0835 e. The van der Waals surface area contributed by atoms with Crippen molar-refractivity contribution in [3.63, 3.8) is 0 Å². The molecule has 0 aliphatic heterocycles. The first-order chi connectivity index (χ1) is 8.50. The van der Waals surface area contributed by atoms with Crippen LogP contribution < -0.4 is 0 Å². The van der Waals surface area contributed by atoms with E-state index in [1.165, 1.54) is 28.3 Å². The number of aryl methyl sites for hydroxylation is 1. The Morgan fingerprint density at radius 2 is 1.83 bits per heavy atom. The van der Waals surface area contributed by atoms with Crippen molar-refractivity contribution >= 4 is 26.7 Å². The van der Waals surface area contributed by atoms with Gasteiger partial charge in [0.25, 0.3) is 0 Å². The lowest BCUT2D eigenvalue weighted by molar-refractivity contribution is 0.555. The van der Waals surface area contributed by atoms with Gasteiger partial charge in [0.05, 0.1) is 0 Å². The molecule has 0 saturated heterocycles. The minimum absolute atomic E-state index is 0.485. The van der Waals surface area contributed by atoms with Crippen LogP contribution in [0.2, 0.25) is 0 Å². The predicted molar refractivity (Wildman–Crippen MR) is 82.2 cm³/mol. The predicted octanol–water partition coefficient (Wildman–Crippen LogP) is 5.63. The van der Waals surface area contributed by atoms with Crippen molar-refractivity contribution in [3.8, 4) is 0 Å². The second kappa shape index (κ2) is 4.09. The number of rotatable bonds is 2. The quantitative estimate of drug-likeness (QED) is 0.631. The molecule has 1 aliphatic carbocycles. The molecule has 0 radical (unpaired) electrons. The molecule has 1 saturated carbocycles. The van der Waals surface area contributed by atoms with Gasteiger partial charge in [0.2, 0.25) is 0 Å². The Kier molecular flexibility index (Phi) is 2.78. The van der Waals surface area contributed by atoms with Gasteiger partial charge in [0.15, 0.2) is 0 Å². The maximum Gasteiger partial charge on any atom is 0.0437 e. The molecular weight excluding hydrogens is 284 g/mol. The van der Waals surface area contributed by atoms with Crippen LogP contribution in [0, 0.1) is 18.3 Å².